The zero-order valence-electron chi connectivity index (χ0n) is 19.3. The Morgan fingerprint density at radius 2 is 1.84 bits per heavy atom. The summed E-state index contributed by atoms with van der Waals surface area (Å²) < 4.78 is 0. The topological polar surface area (TPSA) is 52.8 Å². The third kappa shape index (κ3) is 3.56. The highest BCUT2D eigenvalue weighted by molar-refractivity contribution is 6.30. The quantitative estimate of drug-likeness (QED) is 0.221. The van der Waals surface area contributed by atoms with Crippen LogP contribution in [0, 0.1) is 34.5 Å². The SMILES string of the molecule is C[C@]12CC[C@H]3[C@@H](CC=C4CC(O)CC[C@@]43C)[C@@H]1CC[C@@H]2C(/C=C/c1ccc(Cl)cc1)=N\O. The van der Waals surface area contributed by atoms with E-state index in [2.05, 4.69) is 25.1 Å². The Labute approximate surface area is 197 Å². The van der Waals surface area contributed by atoms with E-state index in [-0.39, 0.29) is 16.9 Å². The molecule has 4 aliphatic carbocycles. The predicted molar refractivity (Wildman–Crippen MR) is 131 cm³/mol. The predicted octanol–water partition coefficient (Wildman–Crippen LogP) is 7.12. The first-order valence-electron chi connectivity index (χ1n) is 12.4. The molecule has 2 N–H and O–H groups in total. The molecule has 3 fully saturated rings. The van der Waals surface area contributed by atoms with Gasteiger partial charge in [-0.3, -0.25) is 0 Å². The van der Waals surface area contributed by atoms with Crippen LogP contribution in [0.1, 0.15) is 70.8 Å². The van der Waals surface area contributed by atoms with Crippen LogP contribution in [-0.2, 0) is 0 Å². The van der Waals surface area contributed by atoms with E-state index >= 15 is 0 Å². The van der Waals surface area contributed by atoms with Gasteiger partial charge in [-0.05, 0) is 104 Å². The zero-order chi connectivity index (χ0) is 22.5. The van der Waals surface area contributed by atoms with Crippen LogP contribution in [0.25, 0.3) is 6.08 Å². The summed E-state index contributed by atoms with van der Waals surface area (Å²) in [5, 5.41) is 24.7. The highest BCUT2D eigenvalue weighted by atomic mass is 35.5. The molecule has 0 amide bonds. The maximum Gasteiger partial charge on any atom is 0.0832 e. The number of halogens is 1. The lowest BCUT2D eigenvalue weighted by Gasteiger charge is -2.58. The fraction of sp³-hybridized carbons (Fsp3) is 0.607. The van der Waals surface area contributed by atoms with Gasteiger partial charge in [0.25, 0.3) is 0 Å². The van der Waals surface area contributed by atoms with Crippen molar-refractivity contribution >= 4 is 23.4 Å². The molecule has 172 valence electrons. The van der Waals surface area contributed by atoms with Crippen LogP contribution in [0.4, 0.5) is 0 Å². The molecule has 32 heavy (non-hydrogen) atoms. The van der Waals surface area contributed by atoms with Gasteiger partial charge in [0.15, 0.2) is 0 Å². The van der Waals surface area contributed by atoms with Gasteiger partial charge in [0, 0.05) is 10.9 Å². The Bertz CT molecular complexity index is 951. The summed E-state index contributed by atoms with van der Waals surface area (Å²) in [4.78, 5) is 0. The number of aliphatic hydroxyl groups excluding tert-OH is 1. The zero-order valence-corrected chi connectivity index (χ0v) is 20.1. The van der Waals surface area contributed by atoms with Crippen molar-refractivity contribution in [2.24, 2.45) is 39.7 Å². The molecule has 0 aromatic heterocycles. The first kappa shape index (κ1) is 22.2. The molecule has 5 rings (SSSR count). The van der Waals surface area contributed by atoms with Crippen LogP contribution in [0.2, 0.25) is 5.02 Å². The van der Waals surface area contributed by atoms with E-state index in [4.69, 9.17) is 11.6 Å². The maximum absolute atomic E-state index is 10.2. The molecule has 0 saturated heterocycles. The number of fused-ring (bicyclic) bond motifs is 5. The van der Waals surface area contributed by atoms with E-state index in [1.165, 1.54) is 24.8 Å². The number of benzene rings is 1. The largest absolute Gasteiger partial charge is 0.411 e. The van der Waals surface area contributed by atoms with Gasteiger partial charge in [0.1, 0.15) is 0 Å². The Kier molecular flexibility index (Phi) is 5.78. The van der Waals surface area contributed by atoms with Gasteiger partial charge in [0.05, 0.1) is 11.8 Å². The molecule has 0 spiro atoms. The average Bonchev–Trinajstić information content (AvgIpc) is 3.13. The van der Waals surface area contributed by atoms with E-state index in [1.807, 2.05) is 36.4 Å². The molecule has 3 saturated carbocycles. The molecule has 1 aromatic rings. The highest BCUT2D eigenvalue weighted by Gasteiger charge is 2.59. The molecule has 1 unspecified atom stereocenters. The van der Waals surface area contributed by atoms with E-state index in [1.54, 1.807) is 0 Å². The average molecular weight is 454 g/mol. The molecule has 4 aliphatic rings. The number of hydrogen-bond donors (Lipinski definition) is 2. The lowest BCUT2D eigenvalue weighted by Crippen LogP contribution is -2.51. The lowest BCUT2D eigenvalue weighted by molar-refractivity contribution is -0.0424. The summed E-state index contributed by atoms with van der Waals surface area (Å²) in [6.07, 6.45) is 15.3. The van der Waals surface area contributed by atoms with E-state index in [0.717, 1.165) is 54.3 Å². The summed E-state index contributed by atoms with van der Waals surface area (Å²) in [5.74, 6) is 2.41. The van der Waals surface area contributed by atoms with Gasteiger partial charge < -0.3 is 10.3 Å². The van der Waals surface area contributed by atoms with E-state index in [9.17, 15) is 10.3 Å². The summed E-state index contributed by atoms with van der Waals surface area (Å²) in [7, 11) is 0. The maximum atomic E-state index is 10.2. The second-order valence-corrected chi connectivity index (χ2v) is 11.7. The molecular weight excluding hydrogens is 418 g/mol. The molecular formula is C28H36ClNO2. The van der Waals surface area contributed by atoms with E-state index in [0.29, 0.717) is 17.8 Å². The van der Waals surface area contributed by atoms with Gasteiger partial charge in [-0.15, -0.1) is 0 Å². The monoisotopic (exact) mass is 453 g/mol. The summed E-state index contributed by atoms with van der Waals surface area (Å²) in [6.45, 7) is 4.94. The molecule has 3 nitrogen and oxygen atoms in total. The third-order valence-corrected chi connectivity index (χ3v) is 10.1. The van der Waals surface area contributed by atoms with Crippen LogP contribution in [0.3, 0.4) is 0 Å². The molecule has 0 bridgehead atoms. The lowest BCUT2D eigenvalue weighted by atomic mass is 9.47. The van der Waals surface area contributed by atoms with Crippen LogP contribution in [0.15, 0.2) is 47.1 Å². The van der Waals surface area contributed by atoms with Crippen molar-refractivity contribution in [1.82, 2.24) is 0 Å². The first-order valence-corrected chi connectivity index (χ1v) is 12.8. The van der Waals surface area contributed by atoms with Crippen LogP contribution < -0.4 is 0 Å². The second-order valence-electron chi connectivity index (χ2n) is 11.2. The summed E-state index contributed by atoms with van der Waals surface area (Å²) in [5.41, 5.74) is 3.87. The van der Waals surface area contributed by atoms with Crippen LogP contribution in [-0.4, -0.2) is 22.1 Å². The Balaban J connectivity index is 1.38. The highest BCUT2D eigenvalue weighted by Crippen LogP contribution is 2.66. The molecule has 4 heteroatoms. The van der Waals surface area contributed by atoms with Crippen molar-refractivity contribution in [2.75, 3.05) is 0 Å². The second kappa shape index (κ2) is 8.33. The minimum Gasteiger partial charge on any atom is -0.411 e. The van der Waals surface area contributed by atoms with Crippen LogP contribution >= 0.6 is 11.6 Å². The molecule has 0 heterocycles. The van der Waals surface area contributed by atoms with E-state index < -0.39 is 0 Å². The van der Waals surface area contributed by atoms with Crippen molar-refractivity contribution in [3.05, 3.63) is 52.6 Å². The molecule has 0 radical (unpaired) electrons. The van der Waals surface area contributed by atoms with Crippen molar-refractivity contribution in [3.63, 3.8) is 0 Å². The number of aliphatic hydroxyl groups is 1. The number of nitrogens with zero attached hydrogens (tertiary/aromatic N) is 1. The molecule has 1 aromatic carbocycles. The third-order valence-electron chi connectivity index (χ3n) is 9.87. The van der Waals surface area contributed by atoms with Gasteiger partial charge >= 0.3 is 0 Å². The minimum absolute atomic E-state index is 0.147. The number of rotatable bonds is 3. The minimum atomic E-state index is -0.147. The normalized spacial score (nSPS) is 41.7. The Hall–Kier alpha value is -1.58. The molecule has 0 aliphatic heterocycles. The first-order chi connectivity index (χ1) is 15.3. The van der Waals surface area contributed by atoms with Gasteiger partial charge in [-0.2, -0.15) is 0 Å². The van der Waals surface area contributed by atoms with Crippen molar-refractivity contribution in [2.45, 2.75) is 71.3 Å². The van der Waals surface area contributed by atoms with Gasteiger partial charge in [-0.1, -0.05) is 60.5 Å². The van der Waals surface area contributed by atoms with Gasteiger partial charge in [-0.25, -0.2) is 0 Å². The van der Waals surface area contributed by atoms with Crippen molar-refractivity contribution in [3.8, 4) is 0 Å². The molecule has 7 atom stereocenters. The standard InChI is InChI=1S/C28H36ClNO2/c1-27-15-13-21(31)17-19(27)6-9-22-23-10-11-25(28(23,2)16-14-24(22)27)26(30-32)12-5-18-3-7-20(29)8-4-18/h3-8,12,21-25,31-32H,9-11,13-17H2,1-2H3/b12-5+,30-26-/t21?,22-,23-,24-,25+,27-,28-/m0/s1. The Morgan fingerprint density at radius 3 is 2.59 bits per heavy atom. The smallest absolute Gasteiger partial charge is 0.0832 e. The fourth-order valence-electron chi connectivity index (χ4n) is 8.10. The number of hydrogen-bond acceptors (Lipinski definition) is 3. The fourth-order valence-corrected chi connectivity index (χ4v) is 8.23. The Morgan fingerprint density at radius 1 is 1.06 bits per heavy atom. The van der Waals surface area contributed by atoms with Crippen molar-refractivity contribution in [1.29, 1.82) is 0 Å². The van der Waals surface area contributed by atoms with Crippen LogP contribution in [0.5, 0.6) is 0 Å². The van der Waals surface area contributed by atoms with Gasteiger partial charge in [0.2, 0.25) is 0 Å². The summed E-state index contributed by atoms with van der Waals surface area (Å²) in [6, 6.07) is 7.76. The number of oxime groups is 1. The van der Waals surface area contributed by atoms with Crippen molar-refractivity contribution < 1.29 is 10.3 Å². The summed E-state index contributed by atoms with van der Waals surface area (Å²) >= 11 is 6.01. The number of allylic oxidation sites excluding steroid dienone is 2.